The van der Waals surface area contributed by atoms with Crippen molar-refractivity contribution in [2.24, 2.45) is 0 Å². The maximum Gasteiger partial charge on any atom is 0.338 e. The van der Waals surface area contributed by atoms with Crippen LogP contribution in [0, 0.1) is 0 Å². The van der Waals surface area contributed by atoms with Gasteiger partial charge in [0.05, 0.1) is 24.1 Å². The van der Waals surface area contributed by atoms with Gasteiger partial charge in [-0.05, 0) is 55.5 Å². The first kappa shape index (κ1) is 23.8. The summed E-state index contributed by atoms with van der Waals surface area (Å²) >= 11 is 0. The smallest absolute Gasteiger partial charge is 0.338 e. The van der Waals surface area contributed by atoms with Crippen molar-refractivity contribution >= 4 is 33.3 Å². The first-order valence-corrected chi connectivity index (χ1v) is 12.0. The van der Waals surface area contributed by atoms with E-state index in [-0.39, 0.29) is 12.3 Å². The number of sulfonamides is 1. The zero-order chi connectivity index (χ0) is 23.8. The minimum atomic E-state index is -3.81. The van der Waals surface area contributed by atoms with Crippen LogP contribution in [-0.4, -0.2) is 39.7 Å². The molecule has 9 heteroatoms. The van der Waals surface area contributed by atoms with Crippen molar-refractivity contribution < 1.29 is 27.5 Å². The molecular weight excluding hydrogens is 444 g/mol. The average molecular weight is 469 g/mol. The van der Waals surface area contributed by atoms with Gasteiger partial charge in [0.2, 0.25) is 15.9 Å². The molecule has 8 nitrogen and oxygen atoms in total. The summed E-state index contributed by atoms with van der Waals surface area (Å²) in [5, 5.41) is 2.64. The van der Waals surface area contributed by atoms with Gasteiger partial charge < -0.3 is 14.8 Å². The van der Waals surface area contributed by atoms with Crippen molar-refractivity contribution in [3.8, 4) is 11.5 Å². The number of rotatable bonds is 9. The fourth-order valence-corrected chi connectivity index (χ4v) is 3.84. The van der Waals surface area contributed by atoms with Crippen LogP contribution in [0.15, 0.2) is 78.9 Å². The zero-order valence-corrected chi connectivity index (χ0v) is 19.0. The van der Waals surface area contributed by atoms with Gasteiger partial charge in [-0.3, -0.25) is 9.10 Å². The number of carbonyl (C=O) groups is 2. The van der Waals surface area contributed by atoms with E-state index in [1.54, 1.807) is 67.6 Å². The Morgan fingerprint density at radius 1 is 0.909 bits per heavy atom. The third-order valence-corrected chi connectivity index (χ3v) is 5.60. The first-order valence-electron chi connectivity index (χ1n) is 10.1. The summed E-state index contributed by atoms with van der Waals surface area (Å²) in [4.78, 5) is 24.4. The second kappa shape index (κ2) is 10.6. The Hall–Kier alpha value is -3.85. The molecule has 0 aliphatic rings. The highest BCUT2D eigenvalue weighted by Gasteiger charge is 2.24. The Morgan fingerprint density at radius 2 is 1.55 bits per heavy atom. The highest BCUT2D eigenvalue weighted by atomic mass is 32.2. The minimum absolute atomic E-state index is 0.233. The van der Waals surface area contributed by atoms with Crippen LogP contribution >= 0.6 is 0 Å². The topological polar surface area (TPSA) is 102 Å². The summed E-state index contributed by atoms with van der Waals surface area (Å²) in [7, 11) is -3.81. The lowest BCUT2D eigenvalue weighted by Crippen LogP contribution is -2.37. The van der Waals surface area contributed by atoms with Gasteiger partial charge in [0, 0.05) is 5.69 Å². The second-order valence-electron chi connectivity index (χ2n) is 7.00. The molecule has 1 amide bonds. The number of anilines is 2. The molecule has 0 atom stereocenters. The SMILES string of the molecule is CCOC(=O)c1ccc(NC(=O)CN(c2ccccc2Oc2ccccc2)S(C)(=O)=O)cc1. The Bertz CT molecular complexity index is 1210. The number of ether oxygens (including phenoxy) is 2. The molecule has 0 heterocycles. The quantitative estimate of drug-likeness (QED) is 0.475. The molecule has 3 aromatic carbocycles. The normalized spacial score (nSPS) is 10.8. The number of esters is 1. The summed E-state index contributed by atoms with van der Waals surface area (Å²) in [6, 6.07) is 21.6. The largest absolute Gasteiger partial charge is 0.462 e. The predicted octanol–water partition coefficient (Wildman–Crippen LogP) is 4.06. The lowest BCUT2D eigenvalue weighted by molar-refractivity contribution is -0.114. The van der Waals surface area contributed by atoms with E-state index >= 15 is 0 Å². The van der Waals surface area contributed by atoms with Gasteiger partial charge in [0.15, 0.2) is 5.75 Å². The van der Waals surface area contributed by atoms with E-state index in [0.29, 0.717) is 22.7 Å². The third-order valence-electron chi connectivity index (χ3n) is 4.47. The van der Waals surface area contributed by atoms with Gasteiger partial charge in [-0.1, -0.05) is 30.3 Å². The average Bonchev–Trinajstić information content (AvgIpc) is 2.79. The fourth-order valence-electron chi connectivity index (χ4n) is 2.98. The molecule has 3 rings (SSSR count). The maximum absolute atomic E-state index is 12.7. The van der Waals surface area contributed by atoms with Crippen LogP contribution in [0.2, 0.25) is 0 Å². The maximum atomic E-state index is 12.7. The highest BCUT2D eigenvalue weighted by molar-refractivity contribution is 7.92. The molecule has 0 spiro atoms. The van der Waals surface area contributed by atoms with Gasteiger partial charge in [-0.25, -0.2) is 13.2 Å². The summed E-state index contributed by atoms with van der Waals surface area (Å²) < 4.78 is 36.9. The number of benzene rings is 3. The molecule has 0 saturated heterocycles. The van der Waals surface area contributed by atoms with Gasteiger partial charge in [0.25, 0.3) is 0 Å². The van der Waals surface area contributed by atoms with Gasteiger partial charge >= 0.3 is 5.97 Å². The lowest BCUT2D eigenvalue weighted by atomic mass is 10.2. The van der Waals surface area contributed by atoms with Crippen LogP contribution < -0.4 is 14.4 Å². The molecule has 172 valence electrons. The Labute approximate surface area is 192 Å². The highest BCUT2D eigenvalue weighted by Crippen LogP contribution is 2.33. The molecule has 0 fully saturated rings. The van der Waals surface area contributed by atoms with Crippen LogP contribution in [-0.2, 0) is 19.6 Å². The van der Waals surface area contributed by atoms with Crippen molar-refractivity contribution in [3.63, 3.8) is 0 Å². The number of hydrogen-bond donors (Lipinski definition) is 1. The number of para-hydroxylation sites is 3. The first-order chi connectivity index (χ1) is 15.8. The van der Waals surface area contributed by atoms with E-state index in [0.717, 1.165) is 10.6 Å². The number of hydrogen-bond acceptors (Lipinski definition) is 6. The predicted molar refractivity (Wildman–Crippen MR) is 126 cm³/mol. The van der Waals surface area contributed by atoms with Crippen molar-refractivity contribution in [2.75, 3.05) is 29.0 Å². The number of carbonyl (C=O) groups excluding carboxylic acids is 2. The van der Waals surface area contributed by atoms with Gasteiger partial charge in [0.1, 0.15) is 12.3 Å². The van der Waals surface area contributed by atoms with E-state index in [4.69, 9.17) is 9.47 Å². The van der Waals surface area contributed by atoms with Crippen LogP contribution in [0.4, 0.5) is 11.4 Å². The summed E-state index contributed by atoms with van der Waals surface area (Å²) in [5.74, 6) is -0.197. The standard InChI is InChI=1S/C24H24N2O6S/c1-3-31-24(28)18-13-15-19(16-14-18)25-23(27)17-26(33(2,29)30)21-11-7-8-12-22(21)32-20-9-5-4-6-10-20/h4-16H,3,17H2,1-2H3,(H,25,27). The molecule has 0 saturated carbocycles. The van der Waals surface area contributed by atoms with E-state index in [1.165, 1.54) is 12.1 Å². The molecule has 33 heavy (non-hydrogen) atoms. The molecule has 0 unspecified atom stereocenters. The molecule has 3 aromatic rings. The number of amides is 1. The summed E-state index contributed by atoms with van der Waals surface area (Å²) in [6.45, 7) is 1.50. The molecule has 0 radical (unpaired) electrons. The summed E-state index contributed by atoms with van der Waals surface area (Å²) in [6.07, 6.45) is 1.02. The number of nitrogens with zero attached hydrogens (tertiary/aromatic N) is 1. The van der Waals surface area contributed by atoms with Crippen LogP contribution in [0.1, 0.15) is 17.3 Å². The van der Waals surface area contributed by atoms with Crippen molar-refractivity contribution in [1.29, 1.82) is 0 Å². The van der Waals surface area contributed by atoms with E-state index in [9.17, 15) is 18.0 Å². The zero-order valence-electron chi connectivity index (χ0n) is 18.2. The molecule has 0 aromatic heterocycles. The van der Waals surface area contributed by atoms with E-state index < -0.39 is 28.4 Å². The second-order valence-corrected chi connectivity index (χ2v) is 8.91. The monoisotopic (exact) mass is 468 g/mol. The Kier molecular flexibility index (Phi) is 7.68. The van der Waals surface area contributed by atoms with Crippen LogP contribution in [0.3, 0.4) is 0 Å². The lowest BCUT2D eigenvalue weighted by Gasteiger charge is -2.24. The summed E-state index contributed by atoms with van der Waals surface area (Å²) in [5.41, 5.74) is 0.992. The Morgan fingerprint density at radius 3 is 2.18 bits per heavy atom. The van der Waals surface area contributed by atoms with Crippen molar-refractivity contribution in [3.05, 3.63) is 84.4 Å². The van der Waals surface area contributed by atoms with Gasteiger partial charge in [-0.2, -0.15) is 0 Å². The number of nitrogens with one attached hydrogen (secondary N) is 1. The molecule has 0 aliphatic heterocycles. The molecule has 0 aliphatic carbocycles. The van der Waals surface area contributed by atoms with Crippen molar-refractivity contribution in [1.82, 2.24) is 0 Å². The molecular formula is C24H24N2O6S. The molecule has 1 N–H and O–H groups in total. The third kappa shape index (κ3) is 6.56. The van der Waals surface area contributed by atoms with Gasteiger partial charge in [-0.15, -0.1) is 0 Å². The van der Waals surface area contributed by atoms with E-state index in [1.807, 2.05) is 6.07 Å². The molecule has 0 bridgehead atoms. The van der Waals surface area contributed by atoms with Crippen molar-refractivity contribution in [2.45, 2.75) is 6.92 Å². The van der Waals surface area contributed by atoms with Crippen LogP contribution in [0.5, 0.6) is 11.5 Å². The minimum Gasteiger partial charge on any atom is -0.462 e. The van der Waals surface area contributed by atoms with E-state index in [2.05, 4.69) is 5.32 Å². The Balaban J connectivity index is 1.78. The fraction of sp³-hybridized carbons (Fsp3) is 0.167. The van der Waals surface area contributed by atoms with Crippen LogP contribution in [0.25, 0.3) is 0 Å².